The molecule has 132 valence electrons. The van der Waals surface area contributed by atoms with E-state index in [0.29, 0.717) is 36.0 Å². The molecular weight excluding hydrogens is 376 g/mol. The molecule has 0 aliphatic carbocycles. The minimum absolute atomic E-state index is 0.0955. The molecule has 0 aromatic carbocycles. The minimum atomic E-state index is -0.208. The molecule has 1 aromatic rings. The lowest BCUT2D eigenvalue weighted by Gasteiger charge is -2.37. The van der Waals surface area contributed by atoms with Gasteiger partial charge in [-0.15, -0.1) is 0 Å². The van der Waals surface area contributed by atoms with E-state index in [-0.39, 0.29) is 24.1 Å². The maximum absolute atomic E-state index is 12.4. The average molecular weight is 399 g/mol. The third-order valence-electron chi connectivity index (χ3n) is 4.68. The van der Waals surface area contributed by atoms with Crippen molar-refractivity contribution in [1.29, 1.82) is 0 Å². The molecule has 7 heteroatoms. The lowest BCUT2D eigenvalue weighted by molar-refractivity contribution is 0.0600. The number of halogens is 1. The van der Waals surface area contributed by atoms with Gasteiger partial charge in [0.2, 0.25) is 0 Å². The molecule has 3 rings (SSSR count). The number of rotatable bonds is 4. The monoisotopic (exact) mass is 398 g/mol. The number of carbonyl (C=O) groups excluding carboxylic acids is 2. The average Bonchev–Trinajstić information content (AvgIpc) is 3.13. The second-order valence-electron chi connectivity index (χ2n) is 6.89. The predicted molar refractivity (Wildman–Crippen MR) is 91.8 cm³/mol. The molecule has 0 saturated carbocycles. The lowest BCUT2D eigenvalue weighted by atomic mass is 9.98. The molecule has 1 aromatic heterocycles. The van der Waals surface area contributed by atoms with Crippen LogP contribution < -0.4 is 0 Å². The molecule has 3 heterocycles. The van der Waals surface area contributed by atoms with Gasteiger partial charge in [-0.2, -0.15) is 0 Å². The smallest absolute Gasteiger partial charge is 0.410 e. The zero-order chi connectivity index (χ0) is 17.3. The van der Waals surface area contributed by atoms with Crippen molar-refractivity contribution in [1.82, 2.24) is 9.80 Å². The molecule has 2 amide bonds. The summed E-state index contributed by atoms with van der Waals surface area (Å²) in [5, 5.41) is 0. The van der Waals surface area contributed by atoms with Crippen LogP contribution in [0.4, 0.5) is 4.79 Å². The number of ether oxygens (including phenoxy) is 1. The van der Waals surface area contributed by atoms with Crippen LogP contribution in [-0.2, 0) is 4.74 Å². The summed E-state index contributed by atoms with van der Waals surface area (Å²) in [6, 6.07) is 3.70. The maximum atomic E-state index is 12.4. The summed E-state index contributed by atoms with van der Waals surface area (Å²) in [5.41, 5.74) is 0. The SMILES string of the molecule is CC(C)C[C@@H]1COC(=O)N1C1CCN(C(=O)c2ccc(Br)o2)CC1. The Kier molecular flexibility index (Phi) is 5.18. The van der Waals surface area contributed by atoms with Gasteiger partial charge in [-0.25, -0.2) is 4.79 Å². The van der Waals surface area contributed by atoms with Crippen LogP contribution in [0.1, 0.15) is 43.7 Å². The van der Waals surface area contributed by atoms with Gasteiger partial charge in [0.15, 0.2) is 10.4 Å². The molecule has 2 saturated heterocycles. The van der Waals surface area contributed by atoms with Crippen molar-refractivity contribution in [2.45, 2.75) is 45.2 Å². The summed E-state index contributed by atoms with van der Waals surface area (Å²) in [6.07, 6.45) is 2.29. The van der Waals surface area contributed by atoms with Gasteiger partial charge >= 0.3 is 6.09 Å². The standard InChI is InChI=1S/C17H23BrN2O4/c1-11(2)9-13-10-23-17(22)20(13)12-5-7-19(8-6-12)16(21)14-3-4-15(18)24-14/h3-4,11-13H,5-10H2,1-2H3/t13-/m1/s1. The Morgan fingerprint density at radius 2 is 2.04 bits per heavy atom. The van der Waals surface area contributed by atoms with Gasteiger partial charge in [-0.3, -0.25) is 9.69 Å². The van der Waals surface area contributed by atoms with Crippen LogP contribution >= 0.6 is 15.9 Å². The number of carbonyl (C=O) groups is 2. The van der Waals surface area contributed by atoms with Gasteiger partial charge in [0.05, 0.1) is 6.04 Å². The fourth-order valence-electron chi connectivity index (χ4n) is 3.58. The van der Waals surface area contributed by atoms with Crippen LogP contribution in [0, 0.1) is 5.92 Å². The summed E-state index contributed by atoms with van der Waals surface area (Å²) < 4.78 is 11.2. The number of amides is 2. The highest BCUT2D eigenvalue weighted by Gasteiger charge is 2.40. The van der Waals surface area contributed by atoms with Gasteiger partial charge in [0, 0.05) is 19.1 Å². The number of nitrogens with zero attached hydrogens (tertiary/aromatic N) is 2. The summed E-state index contributed by atoms with van der Waals surface area (Å²) >= 11 is 3.22. The first-order valence-electron chi connectivity index (χ1n) is 8.45. The largest absolute Gasteiger partial charge is 0.447 e. The van der Waals surface area contributed by atoms with Crippen molar-refractivity contribution >= 4 is 27.9 Å². The van der Waals surface area contributed by atoms with Crippen molar-refractivity contribution in [2.75, 3.05) is 19.7 Å². The molecule has 6 nitrogen and oxygen atoms in total. The number of piperidine rings is 1. The topological polar surface area (TPSA) is 63.0 Å². The Balaban J connectivity index is 1.60. The van der Waals surface area contributed by atoms with Crippen LogP contribution in [0.25, 0.3) is 0 Å². The Morgan fingerprint density at radius 1 is 1.33 bits per heavy atom. The number of hydrogen-bond acceptors (Lipinski definition) is 4. The Bertz CT molecular complexity index is 607. The summed E-state index contributed by atoms with van der Waals surface area (Å²) in [5.74, 6) is 0.770. The second-order valence-corrected chi connectivity index (χ2v) is 7.68. The van der Waals surface area contributed by atoms with Crippen molar-refractivity contribution < 1.29 is 18.7 Å². The summed E-state index contributed by atoms with van der Waals surface area (Å²) in [6.45, 7) is 6.05. The Hall–Kier alpha value is -1.50. The van der Waals surface area contributed by atoms with Crippen molar-refractivity contribution in [3.63, 3.8) is 0 Å². The fourth-order valence-corrected chi connectivity index (χ4v) is 3.88. The molecule has 0 spiro atoms. The molecule has 0 radical (unpaired) electrons. The molecular formula is C17H23BrN2O4. The van der Waals surface area contributed by atoms with Gasteiger partial charge in [-0.05, 0) is 53.2 Å². The molecule has 2 fully saturated rings. The quantitative estimate of drug-likeness (QED) is 0.778. The third kappa shape index (κ3) is 3.61. The van der Waals surface area contributed by atoms with Gasteiger partial charge in [0.1, 0.15) is 6.61 Å². The maximum Gasteiger partial charge on any atom is 0.410 e. The van der Waals surface area contributed by atoms with Gasteiger partial charge in [-0.1, -0.05) is 13.8 Å². The molecule has 24 heavy (non-hydrogen) atoms. The minimum Gasteiger partial charge on any atom is -0.447 e. The van der Waals surface area contributed by atoms with Crippen LogP contribution in [0.2, 0.25) is 0 Å². The van der Waals surface area contributed by atoms with Crippen LogP contribution in [0.5, 0.6) is 0 Å². The number of likely N-dealkylation sites (tertiary alicyclic amines) is 1. The Morgan fingerprint density at radius 3 is 2.62 bits per heavy atom. The highest BCUT2D eigenvalue weighted by Crippen LogP contribution is 2.28. The number of hydrogen-bond donors (Lipinski definition) is 0. The first-order chi connectivity index (χ1) is 11.5. The normalized spacial score (nSPS) is 22.3. The van der Waals surface area contributed by atoms with Crippen LogP contribution in [0.15, 0.2) is 21.2 Å². The Labute approximate surface area is 150 Å². The summed E-state index contributed by atoms with van der Waals surface area (Å²) in [4.78, 5) is 28.2. The second kappa shape index (κ2) is 7.17. The van der Waals surface area contributed by atoms with Crippen molar-refractivity contribution in [3.05, 3.63) is 22.6 Å². The van der Waals surface area contributed by atoms with E-state index in [9.17, 15) is 9.59 Å². The van der Waals surface area contributed by atoms with Gasteiger partial charge < -0.3 is 14.1 Å². The van der Waals surface area contributed by atoms with Crippen LogP contribution in [0.3, 0.4) is 0 Å². The molecule has 0 bridgehead atoms. The predicted octanol–water partition coefficient (Wildman–Crippen LogP) is 3.51. The lowest BCUT2D eigenvalue weighted by Crippen LogP contribution is -2.50. The van der Waals surface area contributed by atoms with E-state index in [1.165, 1.54) is 0 Å². The van der Waals surface area contributed by atoms with E-state index in [1.807, 2.05) is 4.90 Å². The van der Waals surface area contributed by atoms with E-state index in [1.54, 1.807) is 17.0 Å². The van der Waals surface area contributed by atoms with Crippen LogP contribution in [-0.4, -0.2) is 53.6 Å². The zero-order valence-electron chi connectivity index (χ0n) is 14.0. The third-order valence-corrected chi connectivity index (χ3v) is 5.10. The van der Waals surface area contributed by atoms with E-state index in [2.05, 4.69) is 29.8 Å². The highest BCUT2D eigenvalue weighted by atomic mass is 79.9. The zero-order valence-corrected chi connectivity index (χ0v) is 15.6. The molecule has 2 aliphatic rings. The van der Waals surface area contributed by atoms with Crippen molar-refractivity contribution in [2.24, 2.45) is 5.92 Å². The molecule has 0 N–H and O–H groups in total. The molecule has 1 atom stereocenters. The fraction of sp³-hybridized carbons (Fsp3) is 0.647. The number of furan rings is 1. The first kappa shape index (κ1) is 17.3. The van der Waals surface area contributed by atoms with E-state index < -0.39 is 0 Å². The van der Waals surface area contributed by atoms with E-state index >= 15 is 0 Å². The van der Waals surface area contributed by atoms with Crippen molar-refractivity contribution in [3.8, 4) is 0 Å². The summed E-state index contributed by atoms with van der Waals surface area (Å²) in [7, 11) is 0. The van der Waals surface area contributed by atoms with E-state index in [4.69, 9.17) is 9.15 Å². The van der Waals surface area contributed by atoms with Gasteiger partial charge in [0.25, 0.3) is 5.91 Å². The number of cyclic esters (lactones) is 1. The highest BCUT2D eigenvalue weighted by molar-refractivity contribution is 9.10. The first-order valence-corrected chi connectivity index (χ1v) is 9.24. The van der Waals surface area contributed by atoms with E-state index in [0.717, 1.165) is 19.3 Å². The molecule has 2 aliphatic heterocycles. The molecule has 0 unspecified atom stereocenters.